The van der Waals surface area contributed by atoms with Gasteiger partial charge in [0, 0.05) is 28.9 Å². The van der Waals surface area contributed by atoms with Crippen molar-refractivity contribution in [2.75, 3.05) is 11.1 Å². The van der Waals surface area contributed by atoms with Gasteiger partial charge in [-0.05, 0) is 54.4 Å². The van der Waals surface area contributed by atoms with Crippen molar-refractivity contribution in [3.05, 3.63) is 59.2 Å². The number of ketones is 1. The highest BCUT2D eigenvalue weighted by Crippen LogP contribution is 2.24. The average Bonchev–Trinajstić information content (AvgIpc) is 2.47. The number of aryl methyl sites for hydroxylation is 1. The summed E-state index contributed by atoms with van der Waals surface area (Å²) in [5, 5.41) is 2.81. The van der Waals surface area contributed by atoms with E-state index >= 15 is 0 Å². The maximum Gasteiger partial charge on any atom is 0.224 e. The van der Waals surface area contributed by atoms with Gasteiger partial charge >= 0.3 is 0 Å². The van der Waals surface area contributed by atoms with Crippen LogP contribution in [0.2, 0.25) is 0 Å². The minimum absolute atomic E-state index is 0.0233. The summed E-state index contributed by atoms with van der Waals surface area (Å²) in [5.74, 6) is -0.0141. The quantitative estimate of drug-likeness (QED) is 0.647. The van der Waals surface area contributed by atoms with Crippen LogP contribution in [-0.2, 0) is 11.2 Å². The second kappa shape index (κ2) is 4.81. The van der Waals surface area contributed by atoms with Gasteiger partial charge in [-0.2, -0.15) is 0 Å². The van der Waals surface area contributed by atoms with Crippen LogP contribution in [0.1, 0.15) is 27.9 Å². The third-order valence-corrected chi connectivity index (χ3v) is 3.44. The first-order valence-electron chi connectivity index (χ1n) is 6.46. The number of fused-ring (bicyclic) bond motifs is 1. The minimum atomic E-state index is -0.0373. The van der Waals surface area contributed by atoms with E-state index in [0.29, 0.717) is 29.7 Å². The lowest BCUT2D eigenvalue weighted by molar-refractivity contribution is -0.116. The third-order valence-electron chi connectivity index (χ3n) is 3.44. The second-order valence-electron chi connectivity index (χ2n) is 4.87. The predicted octanol–water partition coefficient (Wildman–Crippen LogP) is 2.38. The van der Waals surface area contributed by atoms with Gasteiger partial charge < -0.3 is 11.1 Å². The van der Waals surface area contributed by atoms with E-state index in [9.17, 15) is 9.59 Å². The van der Waals surface area contributed by atoms with Crippen molar-refractivity contribution in [1.29, 1.82) is 0 Å². The Morgan fingerprint density at radius 3 is 2.45 bits per heavy atom. The molecule has 3 N–H and O–H groups in total. The summed E-state index contributed by atoms with van der Waals surface area (Å²) >= 11 is 0. The van der Waals surface area contributed by atoms with Gasteiger partial charge in [0.1, 0.15) is 0 Å². The number of nitrogens with one attached hydrogen (secondary N) is 1. The highest BCUT2D eigenvalue weighted by atomic mass is 16.1. The molecule has 0 saturated heterocycles. The van der Waals surface area contributed by atoms with Crippen LogP contribution in [0.15, 0.2) is 42.5 Å². The van der Waals surface area contributed by atoms with Crippen molar-refractivity contribution in [1.82, 2.24) is 0 Å². The van der Waals surface area contributed by atoms with E-state index < -0.39 is 0 Å². The molecule has 3 rings (SSSR count). The smallest absolute Gasteiger partial charge is 0.224 e. The minimum Gasteiger partial charge on any atom is -0.399 e. The number of amides is 1. The number of hydrogen-bond acceptors (Lipinski definition) is 3. The molecule has 100 valence electrons. The van der Waals surface area contributed by atoms with Gasteiger partial charge in [0.15, 0.2) is 5.78 Å². The lowest BCUT2D eigenvalue weighted by atomic mass is 9.96. The first kappa shape index (κ1) is 12.4. The molecule has 0 saturated carbocycles. The van der Waals surface area contributed by atoms with Crippen molar-refractivity contribution in [3.63, 3.8) is 0 Å². The van der Waals surface area contributed by atoms with E-state index in [1.54, 1.807) is 36.4 Å². The number of rotatable bonds is 2. The molecular weight excluding hydrogens is 252 g/mol. The Morgan fingerprint density at radius 2 is 1.70 bits per heavy atom. The largest absolute Gasteiger partial charge is 0.399 e. The van der Waals surface area contributed by atoms with E-state index in [1.807, 2.05) is 6.07 Å². The molecule has 0 unspecified atom stereocenters. The molecule has 20 heavy (non-hydrogen) atoms. The third kappa shape index (κ3) is 2.28. The maximum atomic E-state index is 12.4. The van der Waals surface area contributed by atoms with Gasteiger partial charge in [0.2, 0.25) is 5.91 Å². The SMILES string of the molecule is Nc1ccc(C(=O)c2ccc3c(c2)CCC(=O)N3)cc1. The highest BCUT2D eigenvalue weighted by Gasteiger charge is 2.17. The highest BCUT2D eigenvalue weighted by molar-refractivity contribution is 6.09. The molecule has 1 aliphatic heterocycles. The zero-order valence-corrected chi connectivity index (χ0v) is 10.8. The van der Waals surface area contributed by atoms with Crippen LogP contribution >= 0.6 is 0 Å². The number of carbonyl (C=O) groups excluding carboxylic acids is 2. The summed E-state index contributed by atoms with van der Waals surface area (Å²) < 4.78 is 0. The van der Waals surface area contributed by atoms with E-state index in [-0.39, 0.29) is 11.7 Å². The Hall–Kier alpha value is -2.62. The number of nitrogen functional groups attached to an aromatic ring is 1. The first-order chi connectivity index (χ1) is 9.63. The van der Waals surface area contributed by atoms with Gasteiger partial charge in [-0.15, -0.1) is 0 Å². The second-order valence-corrected chi connectivity index (χ2v) is 4.87. The van der Waals surface area contributed by atoms with Gasteiger partial charge in [0.05, 0.1) is 0 Å². The molecule has 2 aromatic carbocycles. The Kier molecular flexibility index (Phi) is 2.99. The van der Waals surface area contributed by atoms with Crippen LogP contribution in [0.3, 0.4) is 0 Å². The van der Waals surface area contributed by atoms with E-state index in [1.165, 1.54) is 0 Å². The molecule has 0 bridgehead atoms. The van der Waals surface area contributed by atoms with Crippen molar-refractivity contribution in [2.24, 2.45) is 0 Å². The molecular formula is C16H14N2O2. The van der Waals surface area contributed by atoms with Crippen molar-refractivity contribution >= 4 is 23.1 Å². The summed E-state index contributed by atoms with van der Waals surface area (Å²) in [7, 11) is 0. The molecule has 0 aliphatic carbocycles. The lowest BCUT2D eigenvalue weighted by Crippen LogP contribution is -2.19. The Balaban J connectivity index is 1.93. The summed E-state index contributed by atoms with van der Waals surface area (Å²) in [6.45, 7) is 0. The van der Waals surface area contributed by atoms with Gasteiger partial charge in [0.25, 0.3) is 0 Å². The summed E-state index contributed by atoms with van der Waals surface area (Å²) in [6, 6.07) is 12.3. The maximum absolute atomic E-state index is 12.4. The van der Waals surface area contributed by atoms with Gasteiger partial charge in [-0.3, -0.25) is 9.59 Å². The number of hydrogen-bond donors (Lipinski definition) is 2. The summed E-state index contributed by atoms with van der Waals surface area (Å²) in [5.41, 5.74) is 9.30. The molecule has 0 fully saturated rings. The molecule has 0 atom stereocenters. The number of anilines is 2. The van der Waals surface area contributed by atoms with E-state index in [4.69, 9.17) is 5.73 Å². The number of nitrogens with two attached hydrogens (primary N) is 1. The molecule has 4 nitrogen and oxygen atoms in total. The Morgan fingerprint density at radius 1 is 1.00 bits per heavy atom. The Bertz CT molecular complexity index is 690. The molecule has 0 aromatic heterocycles. The monoisotopic (exact) mass is 266 g/mol. The zero-order valence-electron chi connectivity index (χ0n) is 10.8. The zero-order chi connectivity index (χ0) is 14.1. The normalized spacial score (nSPS) is 13.5. The van der Waals surface area contributed by atoms with Crippen molar-refractivity contribution in [3.8, 4) is 0 Å². The first-order valence-corrected chi connectivity index (χ1v) is 6.46. The van der Waals surface area contributed by atoms with E-state index in [2.05, 4.69) is 5.32 Å². The molecule has 1 aliphatic rings. The van der Waals surface area contributed by atoms with E-state index in [0.717, 1.165) is 11.3 Å². The molecule has 1 heterocycles. The topological polar surface area (TPSA) is 72.2 Å². The van der Waals surface area contributed by atoms with Gasteiger partial charge in [-0.25, -0.2) is 0 Å². The standard InChI is InChI=1S/C16H14N2O2/c17-13-5-1-10(2-6-13)16(20)12-3-7-14-11(9-12)4-8-15(19)18-14/h1-3,5-7,9H,4,8,17H2,(H,18,19). The van der Waals surface area contributed by atoms with Crippen LogP contribution in [-0.4, -0.2) is 11.7 Å². The molecule has 4 heteroatoms. The van der Waals surface area contributed by atoms with Gasteiger partial charge in [-0.1, -0.05) is 0 Å². The molecule has 2 aromatic rings. The van der Waals surface area contributed by atoms with Crippen LogP contribution in [0.5, 0.6) is 0 Å². The molecule has 0 spiro atoms. The van der Waals surface area contributed by atoms with Crippen molar-refractivity contribution in [2.45, 2.75) is 12.8 Å². The van der Waals surface area contributed by atoms with Crippen LogP contribution in [0, 0.1) is 0 Å². The predicted molar refractivity (Wildman–Crippen MR) is 77.7 cm³/mol. The lowest BCUT2D eigenvalue weighted by Gasteiger charge is -2.17. The summed E-state index contributed by atoms with van der Waals surface area (Å²) in [4.78, 5) is 23.7. The fourth-order valence-electron chi connectivity index (χ4n) is 2.33. The summed E-state index contributed by atoms with van der Waals surface area (Å²) in [6.07, 6.45) is 1.14. The molecule has 1 amide bonds. The Labute approximate surface area is 116 Å². The van der Waals surface area contributed by atoms with Crippen LogP contribution < -0.4 is 11.1 Å². The van der Waals surface area contributed by atoms with Crippen LogP contribution in [0.4, 0.5) is 11.4 Å². The van der Waals surface area contributed by atoms with Crippen LogP contribution in [0.25, 0.3) is 0 Å². The fourth-order valence-corrected chi connectivity index (χ4v) is 2.33. The van der Waals surface area contributed by atoms with Crippen molar-refractivity contribution < 1.29 is 9.59 Å². The average molecular weight is 266 g/mol. The number of carbonyl (C=O) groups is 2. The fraction of sp³-hybridized carbons (Fsp3) is 0.125. The molecule has 0 radical (unpaired) electrons. The number of benzene rings is 2.